The second-order valence-corrected chi connectivity index (χ2v) is 1.71. The predicted octanol–water partition coefficient (Wildman–Crippen LogP) is -5.27. The molecule has 4 nitrogen and oxygen atoms in total. The summed E-state index contributed by atoms with van der Waals surface area (Å²) < 4.78 is 0. The normalized spacial score (nSPS) is 11.8. The standard InChI is InChI=1S/C5H10O4.Na/c6-2-1-4(3-7)5(8)9;/h4,6-7H,1-3H2,(H,8,9);/q;+1/p-1. The number of carbonyl (C=O) groups is 1. The molecular formula is C5H9NaO4. The Morgan fingerprint density at radius 2 is 2.00 bits per heavy atom. The van der Waals surface area contributed by atoms with Crippen molar-refractivity contribution in [2.45, 2.75) is 6.42 Å². The molecule has 1 atom stereocenters. The van der Waals surface area contributed by atoms with Crippen LogP contribution in [-0.2, 0) is 4.79 Å². The first-order chi connectivity index (χ1) is 4.22. The van der Waals surface area contributed by atoms with Gasteiger partial charge in [0.15, 0.2) is 0 Å². The number of rotatable bonds is 4. The summed E-state index contributed by atoms with van der Waals surface area (Å²) in [4.78, 5) is 9.94. The molecule has 0 heterocycles. The van der Waals surface area contributed by atoms with Crippen LogP contribution in [0.25, 0.3) is 0 Å². The Labute approximate surface area is 81.2 Å². The van der Waals surface area contributed by atoms with Crippen molar-refractivity contribution in [3.63, 3.8) is 0 Å². The minimum atomic E-state index is -1.31. The van der Waals surface area contributed by atoms with Gasteiger partial charge in [0.25, 0.3) is 0 Å². The van der Waals surface area contributed by atoms with Crippen LogP contribution >= 0.6 is 0 Å². The second kappa shape index (κ2) is 7.50. The minimum absolute atomic E-state index is 0. The van der Waals surface area contributed by atoms with Gasteiger partial charge in [0.2, 0.25) is 0 Å². The maximum Gasteiger partial charge on any atom is 1.00 e. The largest absolute Gasteiger partial charge is 1.00 e. The third kappa shape index (κ3) is 5.20. The number of carboxylic acids is 1. The zero-order valence-corrected chi connectivity index (χ0v) is 7.91. The first kappa shape index (κ1) is 13.0. The van der Waals surface area contributed by atoms with Crippen molar-refractivity contribution in [3.05, 3.63) is 0 Å². The summed E-state index contributed by atoms with van der Waals surface area (Å²) in [5, 5.41) is 26.4. The van der Waals surface area contributed by atoms with E-state index in [2.05, 4.69) is 0 Å². The van der Waals surface area contributed by atoms with Gasteiger partial charge in [-0.25, -0.2) is 0 Å². The van der Waals surface area contributed by atoms with Gasteiger partial charge in [-0.15, -0.1) is 0 Å². The molecule has 5 heteroatoms. The second-order valence-electron chi connectivity index (χ2n) is 1.71. The molecule has 54 valence electrons. The van der Waals surface area contributed by atoms with E-state index in [1.165, 1.54) is 0 Å². The Balaban J connectivity index is 0. The average molecular weight is 156 g/mol. The third-order valence-corrected chi connectivity index (χ3v) is 1.03. The van der Waals surface area contributed by atoms with Gasteiger partial charge in [0, 0.05) is 18.5 Å². The number of aliphatic hydroxyl groups excluding tert-OH is 2. The fourth-order valence-corrected chi connectivity index (χ4v) is 0.440. The fraction of sp³-hybridized carbons (Fsp3) is 0.800. The molecule has 0 rings (SSSR count). The SMILES string of the molecule is O=C([O-])C(CO)CCO.[Na+]. The molecule has 1 unspecified atom stereocenters. The van der Waals surface area contributed by atoms with Crippen LogP contribution in [0.15, 0.2) is 0 Å². The Kier molecular flexibility index (Phi) is 9.76. The molecule has 0 aromatic rings. The number of carbonyl (C=O) groups excluding carboxylic acids is 1. The van der Waals surface area contributed by atoms with Crippen molar-refractivity contribution in [1.29, 1.82) is 0 Å². The Hall–Kier alpha value is 0.390. The molecular weight excluding hydrogens is 147 g/mol. The minimum Gasteiger partial charge on any atom is -0.550 e. The van der Waals surface area contributed by atoms with Gasteiger partial charge in [-0.1, -0.05) is 0 Å². The first-order valence-electron chi connectivity index (χ1n) is 2.65. The zero-order valence-electron chi connectivity index (χ0n) is 5.91. The molecule has 0 fully saturated rings. The summed E-state index contributed by atoms with van der Waals surface area (Å²) in [5.74, 6) is -2.23. The Morgan fingerprint density at radius 1 is 1.50 bits per heavy atom. The molecule has 0 saturated carbocycles. The van der Waals surface area contributed by atoms with Crippen LogP contribution < -0.4 is 34.7 Å². The van der Waals surface area contributed by atoms with Crippen LogP contribution in [0.4, 0.5) is 0 Å². The van der Waals surface area contributed by atoms with Crippen molar-refractivity contribution < 1.29 is 49.7 Å². The first-order valence-corrected chi connectivity index (χ1v) is 2.65. The van der Waals surface area contributed by atoms with Gasteiger partial charge in [-0.05, 0) is 6.42 Å². The molecule has 0 aliphatic heterocycles. The van der Waals surface area contributed by atoms with Gasteiger partial charge in [0.05, 0.1) is 6.61 Å². The summed E-state index contributed by atoms with van der Waals surface area (Å²) in [5.41, 5.74) is 0. The molecule has 0 aliphatic carbocycles. The van der Waals surface area contributed by atoms with E-state index in [0.29, 0.717) is 0 Å². The van der Waals surface area contributed by atoms with E-state index in [-0.39, 0.29) is 42.6 Å². The monoisotopic (exact) mass is 156 g/mol. The fourth-order valence-electron chi connectivity index (χ4n) is 0.440. The number of carboxylic acid groups (broad SMARTS) is 1. The predicted molar refractivity (Wildman–Crippen MR) is 27.3 cm³/mol. The van der Waals surface area contributed by atoms with Crippen LogP contribution in [0.3, 0.4) is 0 Å². The molecule has 0 aromatic carbocycles. The maximum absolute atomic E-state index is 9.94. The number of hydrogen-bond donors (Lipinski definition) is 2. The van der Waals surface area contributed by atoms with E-state index in [1.54, 1.807) is 0 Å². The Morgan fingerprint density at radius 3 is 2.10 bits per heavy atom. The maximum atomic E-state index is 9.94. The molecule has 0 aliphatic rings. The van der Waals surface area contributed by atoms with Crippen LogP contribution in [0.5, 0.6) is 0 Å². The third-order valence-electron chi connectivity index (χ3n) is 1.03. The smallest absolute Gasteiger partial charge is 0.550 e. The molecule has 0 aromatic heterocycles. The number of aliphatic hydroxyl groups is 2. The van der Waals surface area contributed by atoms with Crippen molar-refractivity contribution in [2.75, 3.05) is 13.2 Å². The molecule has 0 spiro atoms. The quantitative estimate of drug-likeness (QED) is 0.398. The van der Waals surface area contributed by atoms with Gasteiger partial charge >= 0.3 is 29.6 Å². The summed E-state index contributed by atoms with van der Waals surface area (Å²) >= 11 is 0. The van der Waals surface area contributed by atoms with Gasteiger partial charge < -0.3 is 20.1 Å². The summed E-state index contributed by atoms with van der Waals surface area (Å²) in [7, 11) is 0. The zero-order chi connectivity index (χ0) is 7.28. The van der Waals surface area contributed by atoms with E-state index in [1.807, 2.05) is 0 Å². The van der Waals surface area contributed by atoms with Gasteiger partial charge in [-0.2, -0.15) is 0 Å². The van der Waals surface area contributed by atoms with Crippen LogP contribution in [-0.4, -0.2) is 29.4 Å². The van der Waals surface area contributed by atoms with Crippen LogP contribution in [0.2, 0.25) is 0 Å². The van der Waals surface area contributed by atoms with Crippen molar-refractivity contribution in [1.82, 2.24) is 0 Å². The molecule has 0 bridgehead atoms. The van der Waals surface area contributed by atoms with E-state index in [4.69, 9.17) is 10.2 Å². The van der Waals surface area contributed by atoms with Gasteiger partial charge in [0.1, 0.15) is 0 Å². The van der Waals surface area contributed by atoms with Crippen molar-refractivity contribution >= 4 is 5.97 Å². The van der Waals surface area contributed by atoms with Crippen molar-refractivity contribution in [2.24, 2.45) is 5.92 Å². The number of aliphatic carboxylic acids is 1. The molecule has 10 heavy (non-hydrogen) atoms. The molecule has 0 radical (unpaired) electrons. The van der Waals surface area contributed by atoms with Crippen LogP contribution in [0, 0.1) is 5.92 Å². The number of hydrogen-bond acceptors (Lipinski definition) is 4. The Bertz CT molecular complexity index is 95.6. The summed E-state index contributed by atoms with van der Waals surface area (Å²) in [6.45, 7) is -0.706. The molecule has 0 saturated heterocycles. The van der Waals surface area contributed by atoms with Crippen LogP contribution in [0.1, 0.15) is 6.42 Å². The van der Waals surface area contributed by atoms with E-state index in [9.17, 15) is 9.90 Å². The average Bonchev–Trinajstić information content (AvgIpc) is 1.82. The molecule has 2 N–H and O–H groups in total. The topological polar surface area (TPSA) is 80.6 Å². The van der Waals surface area contributed by atoms with E-state index < -0.39 is 18.5 Å². The summed E-state index contributed by atoms with van der Waals surface area (Å²) in [6, 6.07) is 0. The molecule has 0 amide bonds. The van der Waals surface area contributed by atoms with Crippen molar-refractivity contribution in [3.8, 4) is 0 Å². The van der Waals surface area contributed by atoms with Gasteiger partial charge in [-0.3, -0.25) is 0 Å². The summed E-state index contributed by atoms with van der Waals surface area (Å²) in [6.07, 6.45) is 0.0544. The van der Waals surface area contributed by atoms with E-state index in [0.717, 1.165) is 0 Å². The van der Waals surface area contributed by atoms with E-state index >= 15 is 0 Å².